The van der Waals surface area contributed by atoms with Crippen molar-refractivity contribution in [3.63, 3.8) is 0 Å². The maximum atomic E-state index is 5.78. The first-order chi connectivity index (χ1) is 14.3. The molecule has 0 aliphatic carbocycles. The molecule has 0 radical (unpaired) electrons. The lowest BCUT2D eigenvalue weighted by Gasteiger charge is -2.33. The van der Waals surface area contributed by atoms with Gasteiger partial charge in [-0.05, 0) is 44.2 Å². The highest BCUT2D eigenvalue weighted by Crippen LogP contribution is 2.20. The maximum Gasteiger partial charge on any atom is 0.191 e. The van der Waals surface area contributed by atoms with Gasteiger partial charge in [0.1, 0.15) is 0 Å². The van der Waals surface area contributed by atoms with E-state index in [4.69, 9.17) is 14.5 Å². The van der Waals surface area contributed by atoms with Crippen LogP contribution in [-0.4, -0.2) is 69.5 Å². The zero-order valence-electron chi connectivity index (χ0n) is 18.2. The van der Waals surface area contributed by atoms with Crippen LogP contribution in [0.4, 0.5) is 0 Å². The second-order valence-electron chi connectivity index (χ2n) is 8.14. The molecule has 162 valence electrons. The van der Waals surface area contributed by atoms with Gasteiger partial charge in [-0.15, -0.1) is 0 Å². The smallest absolute Gasteiger partial charge is 0.191 e. The monoisotopic (exact) mass is 402 g/mol. The summed E-state index contributed by atoms with van der Waals surface area (Å²) in [6, 6.07) is 9.23. The zero-order valence-corrected chi connectivity index (χ0v) is 18.2. The van der Waals surface area contributed by atoms with E-state index >= 15 is 0 Å². The Morgan fingerprint density at radius 2 is 2.17 bits per heavy atom. The standard InChI is InChI=1S/C23H38N4O2/c1-3-24-23(25-11-6-13-28-17-20-10-14-29-18-20)26-15-19(2)27-12-9-21-7-4-5-8-22(21)16-27/h4-5,7-8,19-20H,3,6,9-18H2,1-2H3,(H2,24,25,26). The van der Waals surface area contributed by atoms with E-state index in [-0.39, 0.29) is 0 Å². The Kier molecular flexibility index (Phi) is 9.25. The molecule has 3 rings (SSSR count). The van der Waals surface area contributed by atoms with Crippen molar-refractivity contribution in [1.29, 1.82) is 0 Å². The fourth-order valence-electron chi connectivity index (χ4n) is 3.92. The molecule has 2 aliphatic heterocycles. The molecule has 2 N–H and O–H groups in total. The molecule has 2 heterocycles. The average molecular weight is 403 g/mol. The lowest BCUT2D eigenvalue weighted by molar-refractivity contribution is 0.0888. The molecule has 6 nitrogen and oxygen atoms in total. The minimum Gasteiger partial charge on any atom is -0.381 e. The number of ether oxygens (including phenoxy) is 2. The van der Waals surface area contributed by atoms with Crippen LogP contribution in [0.1, 0.15) is 37.8 Å². The summed E-state index contributed by atoms with van der Waals surface area (Å²) in [6.45, 7) is 12.4. The molecule has 29 heavy (non-hydrogen) atoms. The number of nitrogens with zero attached hydrogens (tertiary/aromatic N) is 2. The molecule has 0 bridgehead atoms. The number of rotatable bonds is 10. The highest BCUT2D eigenvalue weighted by Gasteiger charge is 2.20. The molecular weight excluding hydrogens is 364 g/mol. The molecule has 0 amide bonds. The van der Waals surface area contributed by atoms with Crippen molar-refractivity contribution in [2.24, 2.45) is 10.9 Å². The summed E-state index contributed by atoms with van der Waals surface area (Å²) in [5.74, 6) is 1.49. The first-order valence-corrected chi connectivity index (χ1v) is 11.2. The quantitative estimate of drug-likeness (QED) is 0.358. The van der Waals surface area contributed by atoms with Crippen LogP contribution in [0.5, 0.6) is 0 Å². The average Bonchev–Trinajstić information content (AvgIpc) is 3.27. The number of hydrogen-bond donors (Lipinski definition) is 2. The lowest BCUT2D eigenvalue weighted by atomic mass is 9.99. The number of aliphatic imine (C=N–C) groups is 1. The summed E-state index contributed by atoms with van der Waals surface area (Å²) in [5, 5.41) is 6.79. The van der Waals surface area contributed by atoms with Crippen LogP contribution in [0.3, 0.4) is 0 Å². The third kappa shape index (κ3) is 7.28. The van der Waals surface area contributed by atoms with E-state index in [9.17, 15) is 0 Å². The van der Waals surface area contributed by atoms with E-state index < -0.39 is 0 Å². The van der Waals surface area contributed by atoms with Gasteiger partial charge in [-0.2, -0.15) is 0 Å². The first kappa shape index (κ1) is 22.1. The first-order valence-electron chi connectivity index (χ1n) is 11.2. The molecule has 1 fully saturated rings. The molecule has 1 saturated heterocycles. The van der Waals surface area contributed by atoms with Crippen molar-refractivity contribution in [2.75, 3.05) is 52.6 Å². The fourth-order valence-corrected chi connectivity index (χ4v) is 3.92. The van der Waals surface area contributed by atoms with Gasteiger partial charge in [-0.25, -0.2) is 0 Å². The number of nitrogens with one attached hydrogen (secondary N) is 2. The van der Waals surface area contributed by atoms with Crippen LogP contribution in [0, 0.1) is 5.92 Å². The van der Waals surface area contributed by atoms with Crippen LogP contribution in [0.25, 0.3) is 0 Å². The van der Waals surface area contributed by atoms with Crippen LogP contribution in [0.2, 0.25) is 0 Å². The third-order valence-electron chi connectivity index (χ3n) is 5.78. The lowest BCUT2D eigenvalue weighted by Crippen LogP contribution is -2.42. The normalized spacial score (nSPS) is 21.0. The Morgan fingerprint density at radius 3 is 2.97 bits per heavy atom. The van der Waals surface area contributed by atoms with Crippen LogP contribution >= 0.6 is 0 Å². The predicted molar refractivity (Wildman–Crippen MR) is 118 cm³/mol. The third-order valence-corrected chi connectivity index (χ3v) is 5.78. The van der Waals surface area contributed by atoms with Gasteiger partial charge in [-0.3, -0.25) is 9.89 Å². The summed E-state index contributed by atoms with van der Waals surface area (Å²) in [4.78, 5) is 7.36. The summed E-state index contributed by atoms with van der Waals surface area (Å²) >= 11 is 0. The van der Waals surface area contributed by atoms with Crippen molar-refractivity contribution in [3.8, 4) is 0 Å². The van der Waals surface area contributed by atoms with Gasteiger partial charge < -0.3 is 20.1 Å². The molecule has 0 aromatic heterocycles. The Bertz CT molecular complexity index is 631. The number of hydrogen-bond acceptors (Lipinski definition) is 4. The topological polar surface area (TPSA) is 58.1 Å². The Hall–Kier alpha value is -1.63. The van der Waals surface area contributed by atoms with Crippen molar-refractivity contribution >= 4 is 5.96 Å². The Morgan fingerprint density at radius 1 is 1.31 bits per heavy atom. The second kappa shape index (κ2) is 12.2. The fraction of sp³-hybridized carbons (Fsp3) is 0.696. The van der Waals surface area contributed by atoms with Crippen LogP contribution < -0.4 is 10.6 Å². The molecule has 1 aromatic carbocycles. The van der Waals surface area contributed by atoms with E-state index in [2.05, 4.69) is 53.6 Å². The van der Waals surface area contributed by atoms with Crippen LogP contribution in [0.15, 0.2) is 29.3 Å². The Balaban J connectivity index is 1.35. The Labute approximate surface area is 176 Å². The molecule has 2 unspecified atom stereocenters. The number of fused-ring (bicyclic) bond motifs is 1. The minimum atomic E-state index is 0.427. The summed E-state index contributed by atoms with van der Waals surface area (Å²) in [7, 11) is 0. The SMILES string of the molecule is CCNC(=NCC(C)N1CCc2ccccc2C1)NCCCOCC1CCOC1. The molecule has 2 atom stereocenters. The molecule has 6 heteroatoms. The van der Waals surface area contributed by atoms with Gasteiger partial charge in [-0.1, -0.05) is 24.3 Å². The van der Waals surface area contributed by atoms with Gasteiger partial charge in [0.25, 0.3) is 0 Å². The van der Waals surface area contributed by atoms with E-state index in [1.54, 1.807) is 0 Å². The van der Waals surface area contributed by atoms with Gasteiger partial charge in [0.2, 0.25) is 0 Å². The van der Waals surface area contributed by atoms with Crippen molar-refractivity contribution in [1.82, 2.24) is 15.5 Å². The second-order valence-corrected chi connectivity index (χ2v) is 8.14. The largest absolute Gasteiger partial charge is 0.381 e. The molecule has 0 saturated carbocycles. The molecular formula is C23H38N4O2. The summed E-state index contributed by atoms with van der Waals surface area (Å²) in [5.41, 5.74) is 2.96. The van der Waals surface area contributed by atoms with Gasteiger partial charge in [0.15, 0.2) is 5.96 Å². The van der Waals surface area contributed by atoms with Crippen molar-refractivity contribution in [2.45, 2.75) is 45.7 Å². The maximum absolute atomic E-state index is 5.78. The predicted octanol–water partition coefficient (Wildman–Crippen LogP) is 2.43. The zero-order chi connectivity index (χ0) is 20.3. The van der Waals surface area contributed by atoms with E-state index in [0.717, 1.165) is 84.4 Å². The molecule has 1 aromatic rings. The number of guanidine groups is 1. The highest BCUT2D eigenvalue weighted by molar-refractivity contribution is 5.79. The van der Waals surface area contributed by atoms with E-state index in [1.807, 2.05) is 0 Å². The van der Waals surface area contributed by atoms with Gasteiger partial charge in [0.05, 0.1) is 19.8 Å². The summed E-state index contributed by atoms with van der Waals surface area (Å²) in [6.07, 6.45) is 3.25. The van der Waals surface area contributed by atoms with E-state index in [1.165, 1.54) is 11.1 Å². The summed E-state index contributed by atoms with van der Waals surface area (Å²) < 4.78 is 11.2. The van der Waals surface area contributed by atoms with E-state index in [0.29, 0.717) is 12.0 Å². The van der Waals surface area contributed by atoms with Crippen molar-refractivity contribution in [3.05, 3.63) is 35.4 Å². The molecule has 0 spiro atoms. The van der Waals surface area contributed by atoms with Crippen LogP contribution in [-0.2, 0) is 22.4 Å². The molecule has 2 aliphatic rings. The highest BCUT2D eigenvalue weighted by atomic mass is 16.5. The van der Waals surface area contributed by atoms with Gasteiger partial charge in [0, 0.05) is 51.4 Å². The van der Waals surface area contributed by atoms with Crippen molar-refractivity contribution < 1.29 is 9.47 Å². The number of benzene rings is 1. The van der Waals surface area contributed by atoms with Gasteiger partial charge >= 0.3 is 0 Å². The minimum absolute atomic E-state index is 0.427.